The predicted molar refractivity (Wildman–Crippen MR) is 79.0 cm³/mol. The zero-order valence-corrected chi connectivity index (χ0v) is 11.7. The first kappa shape index (κ1) is 12.7. The number of ether oxygens (including phenoxy) is 1. The third-order valence-electron chi connectivity index (χ3n) is 3.59. The summed E-state index contributed by atoms with van der Waals surface area (Å²) in [6.07, 6.45) is 4.50. The van der Waals surface area contributed by atoms with Gasteiger partial charge in [-0.3, -0.25) is 4.98 Å². The van der Waals surface area contributed by atoms with E-state index in [1.807, 2.05) is 30.5 Å². The first-order valence-electron chi connectivity index (χ1n) is 6.61. The molecule has 1 aliphatic heterocycles. The van der Waals surface area contributed by atoms with Crippen molar-refractivity contribution in [3.63, 3.8) is 0 Å². The van der Waals surface area contributed by atoms with Crippen LogP contribution < -0.4 is 4.90 Å². The van der Waals surface area contributed by atoms with Crippen molar-refractivity contribution in [3.05, 3.63) is 35.5 Å². The third kappa shape index (κ3) is 2.67. The summed E-state index contributed by atoms with van der Waals surface area (Å²) in [5.74, 6) is 0. The van der Waals surface area contributed by atoms with E-state index in [9.17, 15) is 0 Å². The van der Waals surface area contributed by atoms with Crippen LogP contribution in [-0.4, -0.2) is 31.3 Å². The van der Waals surface area contributed by atoms with Gasteiger partial charge < -0.3 is 9.64 Å². The molecule has 19 heavy (non-hydrogen) atoms. The van der Waals surface area contributed by atoms with Gasteiger partial charge in [0.2, 0.25) is 0 Å². The highest BCUT2D eigenvalue weighted by Crippen LogP contribution is 2.28. The van der Waals surface area contributed by atoms with Gasteiger partial charge in [-0.05, 0) is 37.1 Å². The average Bonchev–Trinajstić information content (AvgIpc) is 2.90. The number of anilines is 1. The quantitative estimate of drug-likeness (QED) is 0.858. The summed E-state index contributed by atoms with van der Waals surface area (Å²) >= 11 is 6.09. The van der Waals surface area contributed by atoms with E-state index in [1.54, 1.807) is 0 Å². The second-order valence-electron chi connectivity index (χ2n) is 5.01. The first-order valence-corrected chi connectivity index (χ1v) is 6.99. The number of nitrogens with zero attached hydrogens (tertiary/aromatic N) is 2. The van der Waals surface area contributed by atoms with Crippen LogP contribution in [0.25, 0.3) is 10.9 Å². The lowest BCUT2D eigenvalue weighted by atomic mass is 10.1. The first-order chi connectivity index (χ1) is 9.24. The van der Waals surface area contributed by atoms with E-state index < -0.39 is 0 Å². The standard InChI is InChI=1S/C15H17ClN2O/c1-18(10-12-3-2-8-19-12)15-6-7-17-14-5-4-11(16)9-13(14)15/h4-7,9,12H,2-3,8,10H2,1H3. The van der Waals surface area contributed by atoms with Crippen molar-refractivity contribution < 1.29 is 4.74 Å². The zero-order chi connectivity index (χ0) is 13.2. The Kier molecular flexibility index (Phi) is 3.58. The Labute approximate surface area is 118 Å². The van der Waals surface area contributed by atoms with Gasteiger partial charge in [0.25, 0.3) is 0 Å². The summed E-state index contributed by atoms with van der Waals surface area (Å²) in [6.45, 7) is 1.80. The van der Waals surface area contributed by atoms with Crippen molar-refractivity contribution in [1.29, 1.82) is 0 Å². The fourth-order valence-electron chi connectivity index (χ4n) is 2.63. The van der Waals surface area contributed by atoms with E-state index >= 15 is 0 Å². The molecule has 0 amide bonds. The molecule has 2 aromatic rings. The van der Waals surface area contributed by atoms with Crippen LogP contribution in [0, 0.1) is 0 Å². The van der Waals surface area contributed by atoms with Crippen LogP contribution in [0.5, 0.6) is 0 Å². The highest BCUT2D eigenvalue weighted by molar-refractivity contribution is 6.31. The Morgan fingerprint density at radius 3 is 3.11 bits per heavy atom. The maximum atomic E-state index is 6.09. The molecule has 0 N–H and O–H groups in total. The molecule has 100 valence electrons. The minimum Gasteiger partial charge on any atom is -0.376 e. The van der Waals surface area contributed by atoms with Crippen LogP contribution in [0.4, 0.5) is 5.69 Å². The highest BCUT2D eigenvalue weighted by Gasteiger charge is 2.18. The normalized spacial score (nSPS) is 18.9. The molecule has 1 aromatic carbocycles. The Morgan fingerprint density at radius 2 is 2.32 bits per heavy atom. The minimum absolute atomic E-state index is 0.340. The van der Waals surface area contributed by atoms with Crippen LogP contribution in [0.15, 0.2) is 30.5 Å². The Hall–Kier alpha value is -1.32. The zero-order valence-electron chi connectivity index (χ0n) is 11.0. The lowest BCUT2D eigenvalue weighted by Gasteiger charge is -2.24. The molecule has 1 atom stereocenters. The number of likely N-dealkylation sites (N-methyl/N-ethyl adjacent to an activating group) is 1. The van der Waals surface area contributed by atoms with Crippen LogP contribution >= 0.6 is 11.6 Å². The Morgan fingerprint density at radius 1 is 1.42 bits per heavy atom. The summed E-state index contributed by atoms with van der Waals surface area (Å²) < 4.78 is 5.70. The number of halogens is 1. The van der Waals surface area contributed by atoms with Gasteiger partial charge in [-0.25, -0.2) is 0 Å². The largest absolute Gasteiger partial charge is 0.376 e. The second-order valence-corrected chi connectivity index (χ2v) is 5.44. The molecule has 3 nitrogen and oxygen atoms in total. The van der Waals surface area contributed by atoms with Crippen LogP contribution in [0.3, 0.4) is 0 Å². The van der Waals surface area contributed by atoms with Gasteiger partial charge in [0.15, 0.2) is 0 Å². The van der Waals surface area contributed by atoms with E-state index in [2.05, 4.69) is 16.9 Å². The topological polar surface area (TPSA) is 25.4 Å². The predicted octanol–water partition coefficient (Wildman–Crippen LogP) is 3.50. The van der Waals surface area contributed by atoms with Gasteiger partial charge in [0.05, 0.1) is 11.6 Å². The molecule has 0 radical (unpaired) electrons. The number of fused-ring (bicyclic) bond motifs is 1. The molecule has 1 saturated heterocycles. The van der Waals surface area contributed by atoms with E-state index in [1.165, 1.54) is 6.42 Å². The van der Waals surface area contributed by atoms with Crippen molar-refractivity contribution in [1.82, 2.24) is 4.98 Å². The lowest BCUT2D eigenvalue weighted by Crippen LogP contribution is -2.28. The molecule has 1 aromatic heterocycles. The van der Waals surface area contributed by atoms with Crippen molar-refractivity contribution >= 4 is 28.2 Å². The number of aromatic nitrogens is 1. The van der Waals surface area contributed by atoms with Crippen molar-refractivity contribution in [2.75, 3.05) is 25.1 Å². The summed E-state index contributed by atoms with van der Waals surface area (Å²) in [5.41, 5.74) is 2.13. The lowest BCUT2D eigenvalue weighted by molar-refractivity contribution is 0.116. The van der Waals surface area contributed by atoms with Crippen LogP contribution in [-0.2, 0) is 4.74 Å². The smallest absolute Gasteiger partial charge is 0.0750 e. The number of hydrogen-bond donors (Lipinski definition) is 0. The van der Waals surface area contributed by atoms with E-state index in [0.717, 1.165) is 41.2 Å². The molecule has 4 heteroatoms. The molecule has 0 bridgehead atoms. The molecule has 1 aliphatic rings. The molecule has 1 unspecified atom stereocenters. The summed E-state index contributed by atoms with van der Waals surface area (Å²) in [7, 11) is 2.09. The Balaban J connectivity index is 1.92. The van der Waals surface area contributed by atoms with Crippen LogP contribution in [0.2, 0.25) is 5.02 Å². The average molecular weight is 277 g/mol. The molecular formula is C15H17ClN2O. The molecule has 2 heterocycles. The fraction of sp³-hybridized carbons (Fsp3) is 0.400. The molecule has 0 saturated carbocycles. The summed E-state index contributed by atoms with van der Waals surface area (Å²) in [5, 5.41) is 1.84. The Bertz CT molecular complexity index is 581. The van der Waals surface area contributed by atoms with Gasteiger partial charge in [-0.15, -0.1) is 0 Å². The molecule has 3 rings (SSSR count). The molecule has 0 spiro atoms. The molecule has 0 aliphatic carbocycles. The maximum Gasteiger partial charge on any atom is 0.0750 e. The monoisotopic (exact) mass is 276 g/mol. The van der Waals surface area contributed by atoms with Gasteiger partial charge in [0.1, 0.15) is 0 Å². The SMILES string of the molecule is CN(CC1CCCO1)c1ccnc2ccc(Cl)cc12. The number of rotatable bonds is 3. The maximum absolute atomic E-state index is 6.09. The molecular weight excluding hydrogens is 260 g/mol. The van der Waals surface area contributed by atoms with Gasteiger partial charge in [-0.2, -0.15) is 0 Å². The number of pyridine rings is 1. The fourth-order valence-corrected chi connectivity index (χ4v) is 2.80. The van der Waals surface area contributed by atoms with Gasteiger partial charge in [0, 0.05) is 42.5 Å². The number of hydrogen-bond acceptors (Lipinski definition) is 3. The molecule has 1 fully saturated rings. The van der Waals surface area contributed by atoms with Gasteiger partial charge >= 0.3 is 0 Å². The van der Waals surface area contributed by atoms with Crippen molar-refractivity contribution in [2.24, 2.45) is 0 Å². The highest BCUT2D eigenvalue weighted by atomic mass is 35.5. The van der Waals surface area contributed by atoms with E-state index in [4.69, 9.17) is 16.3 Å². The van der Waals surface area contributed by atoms with E-state index in [-0.39, 0.29) is 0 Å². The third-order valence-corrected chi connectivity index (χ3v) is 3.83. The van der Waals surface area contributed by atoms with E-state index in [0.29, 0.717) is 6.10 Å². The second kappa shape index (κ2) is 5.35. The van der Waals surface area contributed by atoms with Crippen LogP contribution in [0.1, 0.15) is 12.8 Å². The number of benzene rings is 1. The summed E-state index contributed by atoms with van der Waals surface area (Å²) in [4.78, 5) is 6.61. The minimum atomic E-state index is 0.340. The van der Waals surface area contributed by atoms with Gasteiger partial charge in [-0.1, -0.05) is 11.6 Å². The van der Waals surface area contributed by atoms with Crippen molar-refractivity contribution in [3.8, 4) is 0 Å². The summed E-state index contributed by atoms with van der Waals surface area (Å²) in [6, 6.07) is 7.85. The van der Waals surface area contributed by atoms with Crippen molar-refractivity contribution in [2.45, 2.75) is 18.9 Å².